The fourth-order valence-corrected chi connectivity index (χ4v) is 3.12. The fraction of sp³-hybridized carbons (Fsp3) is 0.375. The third kappa shape index (κ3) is 3.89. The molecule has 1 saturated carbocycles. The first-order valence-electron chi connectivity index (χ1n) is 6.74. The van der Waals surface area contributed by atoms with E-state index in [0.29, 0.717) is 5.75 Å². The number of nitrogens with zero attached hydrogens (tertiary/aromatic N) is 2. The molecule has 0 N–H and O–H groups in total. The van der Waals surface area contributed by atoms with E-state index in [4.69, 9.17) is 20.0 Å². The van der Waals surface area contributed by atoms with Crippen LogP contribution in [-0.4, -0.2) is 13.2 Å². The lowest BCUT2D eigenvalue weighted by atomic mass is 10.1. The summed E-state index contributed by atoms with van der Waals surface area (Å²) < 4.78 is 12.4. The predicted molar refractivity (Wildman–Crippen MR) is 87.8 cm³/mol. The number of ether oxygens (including phenoxy) is 2. The molecule has 0 bridgehead atoms. The summed E-state index contributed by atoms with van der Waals surface area (Å²) in [7, 11) is 1.59. The largest absolute Gasteiger partial charge is 0.493 e. The molecule has 1 aliphatic carbocycles. The van der Waals surface area contributed by atoms with E-state index in [2.05, 4.69) is 22.6 Å². The van der Waals surface area contributed by atoms with E-state index in [1.165, 1.54) is 12.8 Å². The van der Waals surface area contributed by atoms with Crippen molar-refractivity contribution in [2.24, 2.45) is 0 Å². The second kappa shape index (κ2) is 7.33. The summed E-state index contributed by atoms with van der Waals surface area (Å²) in [5.74, 6) is 1.38. The van der Waals surface area contributed by atoms with E-state index in [1.54, 1.807) is 19.3 Å². The highest BCUT2D eigenvalue weighted by Gasteiger charge is 2.20. The molecule has 108 valence electrons. The first-order chi connectivity index (χ1) is 10.2. The second-order valence-electron chi connectivity index (χ2n) is 4.84. The summed E-state index contributed by atoms with van der Waals surface area (Å²) in [4.78, 5) is 0. The Labute approximate surface area is 138 Å². The van der Waals surface area contributed by atoms with E-state index in [1.807, 2.05) is 18.2 Å². The van der Waals surface area contributed by atoms with Gasteiger partial charge in [0.25, 0.3) is 0 Å². The van der Waals surface area contributed by atoms with Gasteiger partial charge < -0.3 is 9.47 Å². The van der Waals surface area contributed by atoms with Crippen molar-refractivity contribution in [1.82, 2.24) is 0 Å². The average molecular weight is 394 g/mol. The van der Waals surface area contributed by atoms with Crippen LogP contribution in [0.2, 0.25) is 0 Å². The quantitative estimate of drug-likeness (QED) is 0.571. The lowest BCUT2D eigenvalue weighted by Gasteiger charge is -2.18. The summed E-state index contributed by atoms with van der Waals surface area (Å²) in [5, 5.41) is 17.7. The Kier molecular flexibility index (Phi) is 5.46. The van der Waals surface area contributed by atoms with Crippen LogP contribution in [-0.2, 0) is 0 Å². The van der Waals surface area contributed by atoms with E-state index >= 15 is 0 Å². The van der Waals surface area contributed by atoms with Gasteiger partial charge in [0.1, 0.15) is 17.7 Å². The highest BCUT2D eigenvalue weighted by molar-refractivity contribution is 14.1. The zero-order valence-corrected chi connectivity index (χ0v) is 13.9. The maximum absolute atomic E-state index is 8.83. The fourth-order valence-electron chi connectivity index (χ4n) is 2.37. The third-order valence-electron chi connectivity index (χ3n) is 3.39. The van der Waals surface area contributed by atoms with Crippen molar-refractivity contribution in [3.63, 3.8) is 0 Å². The third-order valence-corrected chi connectivity index (χ3v) is 4.19. The molecule has 0 amide bonds. The maximum atomic E-state index is 8.83. The Morgan fingerprint density at radius 2 is 1.95 bits per heavy atom. The van der Waals surface area contributed by atoms with Crippen molar-refractivity contribution in [2.45, 2.75) is 31.8 Å². The van der Waals surface area contributed by atoms with Gasteiger partial charge in [-0.15, -0.1) is 0 Å². The zero-order chi connectivity index (χ0) is 15.2. The molecule has 0 spiro atoms. The van der Waals surface area contributed by atoms with Crippen molar-refractivity contribution < 1.29 is 9.47 Å². The van der Waals surface area contributed by atoms with Crippen LogP contribution in [0.15, 0.2) is 17.7 Å². The highest BCUT2D eigenvalue weighted by atomic mass is 127. The summed E-state index contributed by atoms with van der Waals surface area (Å²) in [6.07, 6.45) is 6.37. The number of hydrogen-bond acceptors (Lipinski definition) is 4. The summed E-state index contributed by atoms with van der Waals surface area (Å²) >= 11 is 2.19. The number of hydrogen-bond donors (Lipinski definition) is 0. The van der Waals surface area contributed by atoms with Gasteiger partial charge in [0.15, 0.2) is 11.5 Å². The van der Waals surface area contributed by atoms with Crippen LogP contribution in [0.4, 0.5) is 0 Å². The zero-order valence-electron chi connectivity index (χ0n) is 11.7. The molecule has 1 fully saturated rings. The van der Waals surface area contributed by atoms with Gasteiger partial charge in [-0.1, -0.05) is 0 Å². The Morgan fingerprint density at radius 1 is 1.29 bits per heavy atom. The molecule has 0 aromatic heterocycles. The first kappa shape index (κ1) is 15.7. The van der Waals surface area contributed by atoms with Crippen molar-refractivity contribution in [1.29, 1.82) is 10.5 Å². The van der Waals surface area contributed by atoms with Crippen LogP contribution in [0, 0.1) is 26.2 Å². The Hall–Kier alpha value is -1.73. The van der Waals surface area contributed by atoms with Gasteiger partial charge >= 0.3 is 0 Å². The molecule has 0 aliphatic heterocycles. The minimum Gasteiger partial charge on any atom is -0.493 e. The van der Waals surface area contributed by atoms with E-state index in [9.17, 15) is 0 Å². The number of allylic oxidation sites excluding steroid dienone is 1. The molecule has 1 aliphatic rings. The van der Waals surface area contributed by atoms with Crippen molar-refractivity contribution in [2.75, 3.05) is 7.11 Å². The standard InChI is InChI=1S/C16H15IN2O2/c1-20-15-8-11(6-12(9-18)10-19)7-14(17)16(15)21-13-4-2-3-5-13/h6-8,13H,2-5H2,1H3. The first-order valence-corrected chi connectivity index (χ1v) is 7.82. The van der Waals surface area contributed by atoms with Gasteiger partial charge in [0.05, 0.1) is 16.8 Å². The number of rotatable bonds is 4. The maximum Gasteiger partial charge on any atom is 0.174 e. The van der Waals surface area contributed by atoms with E-state index in [-0.39, 0.29) is 11.7 Å². The van der Waals surface area contributed by atoms with E-state index in [0.717, 1.165) is 27.7 Å². The molecule has 5 heteroatoms. The lowest BCUT2D eigenvalue weighted by molar-refractivity contribution is 0.199. The molecule has 2 rings (SSSR count). The van der Waals surface area contributed by atoms with E-state index < -0.39 is 0 Å². The number of methoxy groups -OCH3 is 1. The Bertz CT molecular complexity index is 619. The summed E-state index contributed by atoms with van der Waals surface area (Å²) in [6, 6.07) is 7.40. The predicted octanol–water partition coefficient (Wildman–Crippen LogP) is 4.05. The smallest absolute Gasteiger partial charge is 0.174 e. The van der Waals surface area contributed by atoms with Crippen LogP contribution >= 0.6 is 22.6 Å². The minimum absolute atomic E-state index is 0.0670. The molecule has 0 radical (unpaired) electrons. The topological polar surface area (TPSA) is 66.0 Å². The molecule has 21 heavy (non-hydrogen) atoms. The van der Waals surface area contributed by atoms with Gasteiger partial charge in [0.2, 0.25) is 0 Å². The van der Waals surface area contributed by atoms with Gasteiger partial charge in [-0.3, -0.25) is 0 Å². The molecular weight excluding hydrogens is 379 g/mol. The van der Waals surface area contributed by atoms with Crippen LogP contribution in [0.3, 0.4) is 0 Å². The monoisotopic (exact) mass is 394 g/mol. The number of halogens is 1. The molecular formula is C16H15IN2O2. The highest BCUT2D eigenvalue weighted by Crippen LogP contribution is 2.37. The van der Waals surface area contributed by atoms with Gasteiger partial charge in [-0.05, 0) is 72.0 Å². The molecule has 0 heterocycles. The molecule has 0 saturated heterocycles. The molecule has 4 nitrogen and oxygen atoms in total. The van der Waals surface area contributed by atoms with Gasteiger partial charge in [-0.2, -0.15) is 10.5 Å². The van der Waals surface area contributed by atoms with Crippen LogP contribution in [0.25, 0.3) is 6.08 Å². The van der Waals surface area contributed by atoms with Crippen molar-refractivity contribution >= 4 is 28.7 Å². The summed E-state index contributed by atoms with van der Waals surface area (Å²) in [5.41, 5.74) is 0.824. The second-order valence-corrected chi connectivity index (χ2v) is 6.00. The minimum atomic E-state index is 0.0670. The average Bonchev–Trinajstić information content (AvgIpc) is 3.00. The van der Waals surface area contributed by atoms with Crippen molar-refractivity contribution in [3.05, 3.63) is 26.8 Å². The number of nitriles is 2. The number of benzene rings is 1. The van der Waals surface area contributed by atoms with Crippen LogP contribution in [0.1, 0.15) is 31.2 Å². The Morgan fingerprint density at radius 3 is 2.52 bits per heavy atom. The van der Waals surface area contributed by atoms with Crippen LogP contribution in [0.5, 0.6) is 11.5 Å². The van der Waals surface area contributed by atoms with Crippen molar-refractivity contribution in [3.8, 4) is 23.6 Å². The molecule has 0 atom stereocenters. The SMILES string of the molecule is COc1cc(C=C(C#N)C#N)cc(I)c1OC1CCCC1. The van der Waals surface area contributed by atoms with Gasteiger partial charge in [-0.25, -0.2) is 0 Å². The lowest BCUT2D eigenvalue weighted by Crippen LogP contribution is -2.12. The molecule has 1 aromatic carbocycles. The van der Waals surface area contributed by atoms with Crippen LogP contribution < -0.4 is 9.47 Å². The molecule has 0 unspecified atom stereocenters. The van der Waals surface area contributed by atoms with Gasteiger partial charge in [0, 0.05) is 0 Å². The summed E-state index contributed by atoms with van der Waals surface area (Å²) in [6.45, 7) is 0. The molecule has 1 aromatic rings. The Balaban J connectivity index is 2.33. The normalized spacial score (nSPS) is 14.1.